The minimum atomic E-state index is -4.02. The van der Waals surface area contributed by atoms with Crippen molar-refractivity contribution in [2.45, 2.75) is 30.9 Å². The zero-order valence-corrected chi connectivity index (χ0v) is 25.9. The number of likely N-dealkylation sites (N-methyl/N-ethyl adjacent to an activating group) is 1. The zero-order chi connectivity index (χ0) is 32.3. The number of anilines is 2. The number of nitrogens with zero attached hydrogens (tertiary/aromatic N) is 2. The van der Waals surface area contributed by atoms with Crippen molar-refractivity contribution in [3.05, 3.63) is 96.3 Å². The summed E-state index contributed by atoms with van der Waals surface area (Å²) in [4.78, 5) is 28.5. The van der Waals surface area contributed by atoms with E-state index in [0.29, 0.717) is 5.69 Å². The fourth-order valence-corrected chi connectivity index (χ4v) is 6.49. The molecular weight excluding hydrogens is 599 g/mol. The van der Waals surface area contributed by atoms with E-state index in [0.717, 1.165) is 27.2 Å². The lowest BCUT2D eigenvalue weighted by Gasteiger charge is -2.38. The van der Waals surface area contributed by atoms with Gasteiger partial charge in [0.1, 0.15) is 11.9 Å². The quantitative estimate of drug-likeness (QED) is 0.246. The number of rotatable bonds is 8. The van der Waals surface area contributed by atoms with E-state index in [-0.39, 0.29) is 41.6 Å². The number of para-hydroxylation sites is 1. The van der Waals surface area contributed by atoms with Crippen LogP contribution in [0.1, 0.15) is 24.2 Å². The first-order chi connectivity index (χ1) is 21.5. The number of benzene rings is 4. The lowest BCUT2D eigenvalue weighted by atomic mass is 9.99. The molecule has 1 heterocycles. The number of amides is 3. The van der Waals surface area contributed by atoms with Gasteiger partial charge in [-0.2, -0.15) is 4.31 Å². The number of hydrogen-bond acceptors (Lipinski definition) is 6. The standard InChI is InChI=1S/C33H35FN4O6S/c1-21-18-38(22(2)20-39)32(40)27-11-7-13-29(36-33(41)35-28-12-6-9-23-8-4-5-10-26(23)28)31(27)44-30(21)19-37(3)45(42,43)25-16-14-24(34)15-17-25/h4-17,21-22,30,39H,18-20H2,1-3H3,(H2,35,36,41)/t21-,22+,30-/m0/s1. The highest BCUT2D eigenvalue weighted by atomic mass is 32.2. The normalized spacial score (nSPS) is 17.6. The number of ether oxygens (including phenoxy) is 1. The summed E-state index contributed by atoms with van der Waals surface area (Å²) in [5.41, 5.74) is 0.945. The molecule has 0 aliphatic carbocycles. The zero-order valence-electron chi connectivity index (χ0n) is 25.1. The Labute approximate surface area is 261 Å². The van der Waals surface area contributed by atoms with Gasteiger partial charge < -0.3 is 25.4 Å². The first-order valence-corrected chi connectivity index (χ1v) is 15.9. The Morgan fingerprint density at radius 2 is 1.67 bits per heavy atom. The maximum absolute atomic E-state index is 13.8. The van der Waals surface area contributed by atoms with Crippen LogP contribution in [0.15, 0.2) is 89.8 Å². The number of aliphatic hydroxyl groups is 1. The van der Waals surface area contributed by atoms with Gasteiger partial charge in [-0.05, 0) is 54.8 Å². The van der Waals surface area contributed by atoms with Crippen molar-refractivity contribution < 1.29 is 32.2 Å². The predicted octanol–water partition coefficient (Wildman–Crippen LogP) is 5.16. The number of fused-ring (bicyclic) bond motifs is 2. The molecule has 0 unspecified atom stereocenters. The molecule has 236 valence electrons. The second-order valence-corrected chi connectivity index (χ2v) is 13.2. The third-order valence-electron chi connectivity index (χ3n) is 7.94. The summed E-state index contributed by atoms with van der Waals surface area (Å²) in [6.45, 7) is 3.30. The number of nitrogens with one attached hydrogen (secondary N) is 2. The molecule has 4 aromatic rings. The molecule has 3 N–H and O–H groups in total. The molecule has 5 rings (SSSR count). The number of carbonyl (C=O) groups excluding carboxylic acids is 2. The van der Waals surface area contributed by atoms with Crippen LogP contribution in [0, 0.1) is 11.7 Å². The van der Waals surface area contributed by atoms with E-state index in [1.54, 1.807) is 31.2 Å². The largest absolute Gasteiger partial charge is 0.486 e. The summed E-state index contributed by atoms with van der Waals surface area (Å²) in [5, 5.41) is 17.4. The summed E-state index contributed by atoms with van der Waals surface area (Å²) >= 11 is 0. The Bertz CT molecular complexity index is 1810. The molecule has 0 aromatic heterocycles. The van der Waals surface area contributed by atoms with E-state index in [1.165, 1.54) is 24.1 Å². The van der Waals surface area contributed by atoms with Gasteiger partial charge in [-0.3, -0.25) is 4.79 Å². The average Bonchev–Trinajstić information content (AvgIpc) is 3.03. The number of aliphatic hydroxyl groups excluding tert-OH is 1. The van der Waals surface area contributed by atoms with Gasteiger partial charge in [-0.15, -0.1) is 0 Å². The molecule has 0 saturated carbocycles. The van der Waals surface area contributed by atoms with E-state index in [1.807, 2.05) is 43.3 Å². The van der Waals surface area contributed by atoms with Crippen molar-refractivity contribution in [2.75, 3.05) is 37.4 Å². The van der Waals surface area contributed by atoms with Gasteiger partial charge >= 0.3 is 6.03 Å². The highest BCUT2D eigenvalue weighted by Crippen LogP contribution is 2.35. The number of urea groups is 1. The number of halogens is 1. The van der Waals surface area contributed by atoms with Gasteiger partial charge in [0, 0.05) is 24.9 Å². The first kappa shape index (κ1) is 31.9. The number of hydrogen-bond donors (Lipinski definition) is 3. The highest BCUT2D eigenvalue weighted by molar-refractivity contribution is 7.89. The molecule has 4 aromatic carbocycles. The Balaban J connectivity index is 1.48. The Morgan fingerprint density at radius 3 is 2.40 bits per heavy atom. The SMILES string of the molecule is C[C@H](CO)N1C[C@H](C)[C@H](CN(C)S(=O)(=O)c2ccc(F)cc2)Oc2c(NC(=O)Nc3cccc4ccccc34)cccc2C1=O. The van der Waals surface area contributed by atoms with Crippen molar-refractivity contribution in [2.24, 2.45) is 5.92 Å². The Hall–Kier alpha value is -4.52. The van der Waals surface area contributed by atoms with E-state index in [9.17, 15) is 27.5 Å². The fraction of sp³-hybridized carbons (Fsp3) is 0.273. The third-order valence-corrected chi connectivity index (χ3v) is 9.77. The molecule has 0 spiro atoms. The molecule has 0 fully saturated rings. The highest BCUT2D eigenvalue weighted by Gasteiger charge is 2.36. The Kier molecular flexibility index (Phi) is 9.37. The second kappa shape index (κ2) is 13.2. The van der Waals surface area contributed by atoms with Crippen LogP contribution in [0.4, 0.5) is 20.6 Å². The van der Waals surface area contributed by atoms with Gasteiger partial charge in [-0.1, -0.05) is 49.4 Å². The van der Waals surface area contributed by atoms with Crippen LogP contribution >= 0.6 is 0 Å². The van der Waals surface area contributed by atoms with Crippen LogP contribution in [0.25, 0.3) is 10.8 Å². The van der Waals surface area contributed by atoms with Crippen LogP contribution in [0.5, 0.6) is 5.75 Å². The smallest absolute Gasteiger partial charge is 0.323 e. The van der Waals surface area contributed by atoms with E-state index in [2.05, 4.69) is 10.6 Å². The van der Waals surface area contributed by atoms with Crippen LogP contribution in [-0.2, 0) is 10.0 Å². The van der Waals surface area contributed by atoms with Crippen molar-refractivity contribution in [3.63, 3.8) is 0 Å². The number of sulfonamides is 1. The maximum Gasteiger partial charge on any atom is 0.323 e. The first-order valence-electron chi connectivity index (χ1n) is 14.5. The van der Waals surface area contributed by atoms with Crippen LogP contribution in [0.3, 0.4) is 0 Å². The molecule has 45 heavy (non-hydrogen) atoms. The molecule has 3 atom stereocenters. The van der Waals surface area contributed by atoms with E-state index >= 15 is 0 Å². The summed E-state index contributed by atoms with van der Waals surface area (Å²) in [6.07, 6.45) is -0.783. The van der Waals surface area contributed by atoms with Crippen molar-refractivity contribution in [1.82, 2.24) is 9.21 Å². The van der Waals surface area contributed by atoms with Crippen molar-refractivity contribution in [3.8, 4) is 5.75 Å². The van der Waals surface area contributed by atoms with Gasteiger partial charge in [0.2, 0.25) is 10.0 Å². The number of carbonyl (C=O) groups is 2. The fourth-order valence-electron chi connectivity index (χ4n) is 5.31. The molecule has 12 heteroatoms. The summed E-state index contributed by atoms with van der Waals surface area (Å²) in [6, 6.07) is 21.3. The second-order valence-electron chi connectivity index (χ2n) is 11.2. The summed E-state index contributed by atoms with van der Waals surface area (Å²) in [7, 11) is -2.62. The lowest BCUT2D eigenvalue weighted by Crippen LogP contribution is -2.50. The Morgan fingerprint density at radius 1 is 1.02 bits per heavy atom. The molecule has 0 saturated heterocycles. The molecule has 10 nitrogen and oxygen atoms in total. The molecule has 0 radical (unpaired) electrons. The van der Waals surface area contributed by atoms with E-state index in [4.69, 9.17) is 4.74 Å². The van der Waals surface area contributed by atoms with Gasteiger partial charge in [0.25, 0.3) is 5.91 Å². The minimum absolute atomic E-state index is 0.0786. The summed E-state index contributed by atoms with van der Waals surface area (Å²) < 4.78 is 47.8. The molecule has 3 amide bonds. The molecule has 1 aliphatic rings. The molecule has 1 aliphatic heterocycles. The van der Waals surface area contributed by atoms with E-state index < -0.39 is 45.8 Å². The monoisotopic (exact) mass is 634 g/mol. The average molecular weight is 635 g/mol. The lowest BCUT2D eigenvalue weighted by molar-refractivity contribution is 0.0389. The van der Waals surface area contributed by atoms with Gasteiger partial charge in [0.15, 0.2) is 5.75 Å². The maximum atomic E-state index is 13.8. The van der Waals surface area contributed by atoms with Crippen LogP contribution < -0.4 is 15.4 Å². The molecular formula is C33H35FN4O6S. The summed E-state index contributed by atoms with van der Waals surface area (Å²) in [5.74, 6) is -1.28. The minimum Gasteiger partial charge on any atom is -0.486 e. The van der Waals surface area contributed by atoms with Crippen LogP contribution in [-0.4, -0.2) is 73.6 Å². The molecule has 0 bridgehead atoms. The predicted molar refractivity (Wildman–Crippen MR) is 170 cm³/mol. The topological polar surface area (TPSA) is 128 Å². The van der Waals surface area contributed by atoms with Crippen molar-refractivity contribution >= 4 is 44.1 Å². The van der Waals surface area contributed by atoms with Crippen molar-refractivity contribution in [1.29, 1.82) is 0 Å². The van der Waals surface area contributed by atoms with Crippen LogP contribution in [0.2, 0.25) is 0 Å². The third kappa shape index (κ3) is 6.77. The van der Waals surface area contributed by atoms with Gasteiger partial charge in [0.05, 0.1) is 41.0 Å². The van der Waals surface area contributed by atoms with Gasteiger partial charge in [-0.25, -0.2) is 17.6 Å².